The first kappa shape index (κ1) is 30.9. The molecule has 0 radical (unpaired) electrons. The molecule has 49 heavy (non-hydrogen) atoms. The smallest absolute Gasteiger partial charge is 0.193 e. The fourth-order valence-corrected chi connectivity index (χ4v) is 5.38. The van der Waals surface area contributed by atoms with Crippen LogP contribution in [0.2, 0.25) is 0 Å². The third kappa shape index (κ3) is 7.32. The number of carbonyl (C=O) groups is 2. The molecule has 5 heteroatoms. The topological polar surface area (TPSA) is 65.7 Å². The van der Waals surface area contributed by atoms with E-state index in [1.54, 1.807) is 72.8 Å². The summed E-state index contributed by atoms with van der Waals surface area (Å²) in [6, 6.07) is 55.8. The molecule has 7 aromatic carbocycles. The molecule has 0 amide bonds. The van der Waals surface area contributed by atoms with Gasteiger partial charge in [-0.15, -0.1) is 0 Å². The maximum atomic E-state index is 12.9. The monoisotopic (exact) mass is 638 g/mol. The van der Waals surface area contributed by atoms with Crippen LogP contribution in [0, 0.1) is 0 Å². The molecule has 0 aliphatic heterocycles. The van der Waals surface area contributed by atoms with Gasteiger partial charge in [0.1, 0.15) is 34.2 Å². The second-order valence-corrected chi connectivity index (χ2v) is 11.2. The van der Waals surface area contributed by atoms with Gasteiger partial charge >= 0.3 is 0 Å². The first-order valence-corrected chi connectivity index (χ1v) is 15.8. The molecule has 0 aliphatic rings. The van der Waals surface area contributed by atoms with Gasteiger partial charge in [-0.3, -0.25) is 9.59 Å². The van der Waals surface area contributed by atoms with Gasteiger partial charge < -0.3 is 13.9 Å². The minimum absolute atomic E-state index is 0.123. The van der Waals surface area contributed by atoms with Gasteiger partial charge in [-0.05, 0) is 84.9 Å². The van der Waals surface area contributed by atoms with E-state index in [2.05, 4.69) is 12.1 Å². The molecule has 0 aliphatic carbocycles. The van der Waals surface area contributed by atoms with Crippen LogP contribution in [0.1, 0.15) is 31.8 Å². The summed E-state index contributed by atoms with van der Waals surface area (Å²) in [6.45, 7) is 0. The van der Waals surface area contributed by atoms with E-state index in [4.69, 9.17) is 13.9 Å². The number of para-hydroxylation sites is 4. The molecule has 0 N–H and O–H groups in total. The van der Waals surface area contributed by atoms with Crippen molar-refractivity contribution in [3.63, 3.8) is 0 Å². The lowest BCUT2D eigenvalue weighted by Gasteiger charge is -2.08. The standard InChI is InChI=1S/C32H22O4.C12H8O/c33-31(25-15-19-29(20-16-25)35-27-7-3-1-4-8-27)23-11-13-24(14-12-23)32(34)26-17-21-30(22-18-26)36-28-9-5-2-6-10-28;1-3-7-11-9(5-1)10-6-2-4-8-12(10)13-11/h1-22H;1-8H. The van der Waals surface area contributed by atoms with Gasteiger partial charge in [-0.25, -0.2) is 0 Å². The van der Waals surface area contributed by atoms with Crippen molar-refractivity contribution in [1.29, 1.82) is 0 Å². The Kier molecular flexibility index (Phi) is 9.06. The molecule has 0 atom stereocenters. The van der Waals surface area contributed by atoms with Crippen LogP contribution in [0.25, 0.3) is 21.9 Å². The predicted molar refractivity (Wildman–Crippen MR) is 193 cm³/mol. The molecule has 0 spiro atoms. The summed E-state index contributed by atoms with van der Waals surface area (Å²) in [5, 5.41) is 2.39. The van der Waals surface area contributed by atoms with Crippen molar-refractivity contribution >= 4 is 33.5 Å². The Labute approximate surface area is 283 Å². The minimum Gasteiger partial charge on any atom is -0.457 e. The maximum Gasteiger partial charge on any atom is 0.193 e. The van der Waals surface area contributed by atoms with Gasteiger partial charge in [0.05, 0.1) is 0 Å². The number of carbonyl (C=O) groups excluding carboxylic acids is 2. The van der Waals surface area contributed by atoms with E-state index >= 15 is 0 Å². The number of rotatable bonds is 8. The quantitative estimate of drug-likeness (QED) is 0.155. The number of fused-ring (bicyclic) bond motifs is 3. The fourth-order valence-electron chi connectivity index (χ4n) is 5.38. The van der Waals surface area contributed by atoms with E-state index in [9.17, 15) is 9.59 Å². The lowest BCUT2D eigenvalue weighted by molar-refractivity contribution is 0.102. The number of ketones is 2. The second-order valence-electron chi connectivity index (χ2n) is 11.2. The summed E-state index contributed by atoms with van der Waals surface area (Å²) in [4.78, 5) is 25.8. The van der Waals surface area contributed by atoms with Crippen LogP contribution < -0.4 is 9.47 Å². The Bertz CT molecular complexity index is 2160. The van der Waals surface area contributed by atoms with Crippen LogP contribution in [-0.4, -0.2) is 11.6 Å². The molecule has 8 rings (SSSR count). The van der Waals surface area contributed by atoms with Crippen molar-refractivity contribution in [3.8, 4) is 23.0 Å². The summed E-state index contributed by atoms with van der Waals surface area (Å²) in [6.07, 6.45) is 0. The molecule has 236 valence electrons. The molecule has 0 saturated heterocycles. The van der Waals surface area contributed by atoms with Crippen LogP contribution in [0.3, 0.4) is 0 Å². The average molecular weight is 639 g/mol. The number of ether oxygens (including phenoxy) is 2. The maximum absolute atomic E-state index is 12.9. The Hall–Kier alpha value is -6.72. The highest BCUT2D eigenvalue weighted by Gasteiger charge is 2.13. The summed E-state index contributed by atoms with van der Waals surface area (Å²) >= 11 is 0. The molecule has 0 bridgehead atoms. The minimum atomic E-state index is -0.123. The number of hydrogen-bond donors (Lipinski definition) is 0. The normalized spacial score (nSPS) is 10.6. The molecule has 1 heterocycles. The second kappa shape index (κ2) is 14.4. The Morgan fingerprint density at radius 2 is 0.612 bits per heavy atom. The Balaban J connectivity index is 0.000000240. The van der Waals surface area contributed by atoms with Gasteiger partial charge in [0.25, 0.3) is 0 Å². The van der Waals surface area contributed by atoms with E-state index < -0.39 is 0 Å². The average Bonchev–Trinajstić information content (AvgIpc) is 3.55. The third-order valence-electron chi connectivity index (χ3n) is 7.88. The first-order chi connectivity index (χ1) is 24.1. The molecule has 8 aromatic rings. The van der Waals surface area contributed by atoms with Crippen molar-refractivity contribution in [2.24, 2.45) is 0 Å². The zero-order valence-corrected chi connectivity index (χ0v) is 26.4. The number of benzene rings is 7. The summed E-state index contributed by atoms with van der Waals surface area (Å²) in [5.74, 6) is 2.52. The Morgan fingerprint density at radius 3 is 0.980 bits per heavy atom. The van der Waals surface area contributed by atoms with Crippen LogP contribution in [0.15, 0.2) is 186 Å². The zero-order valence-electron chi connectivity index (χ0n) is 26.4. The predicted octanol–water partition coefficient (Wildman–Crippen LogP) is 11.3. The molecule has 1 aromatic heterocycles. The van der Waals surface area contributed by atoms with Gasteiger partial charge in [0.2, 0.25) is 0 Å². The third-order valence-corrected chi connectivity index (χ3v) is 7.88. The zero-order chi connectivity index (χ0) is 33.4. The fraction of sp³-hybridized carbons (Fsp3) is 0. The van der Waals surface area contributed by atoms with Crippen molar-refractivity contribution < 1.29 is 23.5 Å². The van der Waals surface area contributed by atoms with Crippen molar-refractivity contribution in [2.45, 2.75) is 0 Å². The summed E-state index contributed by atoms with van der Waals surface area (Å²) in [7, 11) is 0. The van der Waals surface area contributed by atoms with Gasteiger partial charge in [0, 0.05) is 33.0 Å². The van der Waals surface area contributed by atoms with Crippen molar-refractivity contribution in [2.75, 3.05) is 0 Å². The SMILES string of the molecule is O=C(c1ccc(Oc2ccccc2)cc1)c1ccc(C(=O)c2ccc(Oc3ccccc3)cc2)cc1.c1ccc2c(c1)oc1ccccc12. The largest absolute Gasteiger partial charge is 0.457 e. The van der Waals surface area contributed by atoms with E-state index in [1.165, 1.54) is 10.8 Å². The number of hydrogen-bond acceptors (Lipinski definition) is 5. The van der Waals surface area contributed by atoms with Gasteiger partial charge in [0.15, 0.2) is 11.6 Å². The van der Waals surface area contributed by atoms with E-state index in [0.717, 1.165) is 22.7 Å². The lowest BCUT2D eigenvalue weighted by Crippen LogP contribution is -2.04. The Morgan fingerprint density at radius 1 is 0.327 bits per heavy atom. The first-order valence-electron chi connectivity index (χ1n) is 15.8. The molecule has 0 fully saturated rings. The van der Waals surface area contributed by atoms with Crippen molar-refractivity contribution in [3.05, 3.63) is 204 Å². The highest BCUT2D eigenvalue weighted by molar-refractivity contribution is 6.11. The molecule has 5 nitrogen and oxygen atoms in total. The van der Waals surface area contributed by atoms with Crippen LogP contribution in [-0.2, 0) is 0 Å². The molecular weight excluding hydrogens is 608 g/mol. The molecule has 0 saturated carbocycles. The van der Waals surface area contributed by atoms with E-state index in [-0.39, 0.29) is 11.6 Å². The van der Waals surface area contributed by atoms with Gasteiger partial charge in [-0.1, -0.05) is 97.1 Å². The highest BCUT2D eigenvalue weighted by atomic mass is 16.5. The highest BCUT2D eigenvalue weighted by Crippen LogP contribution is 2.28. The number of furan rings is 1. The molecular formula is C44H30O5. The lowest BCUT2D eigenvalue weighted by atomic mass is 9.98. The van der Waals surface area contributed by atoms with Crippen LogP contribution >= 0.6 is 0 Å². The van der Waals surface area contributed by atoms with Crippen molar-refractivity contribution in [1.82, 2.24) is 0 Å². The van der Waals surface area contributed by atoms with Gasteiger partial charge in [-0.2, -0.15) is 0 Å². The van der Waals surface area contributed by atoms with Crippen LogP contribution in [0.4, 0.5) is 0 Å². The summed E-state index contributed by atoms with van der Waals surface area (Å²) < 4.78 is 17.2. The molecule has 0 unspecified atom stereocenters. The van der Waals surface area contributed by atoms with E-state index in [1.807, 2.05) is 97.1 Å². The van der Waals surface area contributed by atoms with Crippen LogP contribution in [0.5, 0.6) is 23.0 Å². The summed E-state index contributed by atoms with van der Waals surface area (Å²) in [5.41, 5.74) is 4.03. The van der Waals surface area contributed by atoms with E-state index in [0.29, 0.717) is 33.8 Å².